The number of hydrogen-bond acceptors (Lipinski definition) is 7. The zero-order chi connectivity index (χ0) is 16.6. The van der Waals surface area contributed by atoms with E-state index in [1.165, 1.54) is 0 Å². The van der Waals surface area contributed by atoms with Gasteiger partial charge in [-0.3, -0.25) is 0 Å². The summed E-state index contributed by atoms with van der Waals surface area (Å²) in [6, 6.07) is 5.77. The zero-order valence-corrected chi connectivity index (χ0v) is 12.7. The van der Waals surface area contributed by atoms with Crippen molar-refractivity contribution in [2.24, 2.45) is 0 Å². The molecule has 1 fully saturated rings. The lowest BCUT2D eigenvalue weighted by atomic mass is 9.95. The van der Waals surface area contributed by atoms with Gasteiger partial charge in [0.1, 0.15) is 30.5 Å². The van der Waals surface area contributed by atoms with E-state index in [1.807, 2.05) is 30.3 Å². The molecule has 1 aromatic rings. The Hall–Kier alpha value is -1.66. The van der Waals surface area contributed by atoms with Crippen molar-refractivity contribution in [1.82, 2.24) is 5.43 Å². The van der Waals surface area contributed by atoms with Crippen molar-refractivity contribution in [3.05, 3.63) is 29.3 Å². The Balaban J connectivity index is 1.86. The van der Waals surface area contributed by atoms with Gasteiger partial charge in [0.15, 0.2) is 0 Å². The van der Waals surface area contributed by atoms with Crippen LogP contribution in [0.2, 0.25) is 0 Å². The SMILES string of the molecule is CN1NCc2cccc(C#C[C@H]3OC(CO)[C@@H](O)C(O)C3O)c21. The van der Waals surface area contributed by atoms with E-state index in [9.17, 15) is 20.4 Å². The van der Waals surface area contributed by atoms with E-state index in [-0.39, 0.29) is 0 Å². The third-order valence-electron chi connectivity index (χ3n) is 4.20. The van der Waals surface area contributed by atoms with E-state index in [1.54, 1.807) is 0 Å². The summed E-state index contributed by atoms with van der Waals surface area (Å²) >= 11 is 0. The van der Waals surface area contributed by atoms with E-state index in [2.05, 4.69) is 17.3 Å². The van der Waals surface area contributed by atoms with Gasteiger partial charge in [-0.15, -0.1) is 0 Å². The van der Waals surface area contributed by atoms with Crippen molar-refractivity contribution in [3.8, 4) is 11.8 Å². The second-order valence-electron chi connectivity index (χ2n) is 5.73. The third-order valence-corrected chi connectivity index (χ3v) is 4.20. The minimum absolute atomic E-state index is 0.462. The second kappa shape index (κ2) is 6.45. The lowest BCUT2D eigenvalue weighted by Crippen LogP contribution is -2.58. The summed E-state index contributed by atoms with van der Waals surface area (Å²) in [5.74, 6) is 5.76. The number of anilines is 1. The molecule has 0 radical (unpaired) electrons. The highest BCUT2D eigenvalue weighted by Crippen LogP contribution is 2.28. The molecule has 0 amide bonds. The Morgan fingerprint density at radius 2 is 2.04 bits per heavy atom. The summed E-state index contributed by atoms with van der Waals surface area (Å²) in [6.45, 7) is 0.262. The molecule has 0 spiro atoms. The highest BCUT2D eigenvalue weighted by Gasteiger charge is 2.42. The Morgan fingerprint density at radius 3 is 2.78 bits per heavy atom. The van der Waals surface area contributed by atoms with Gasteiger partial charge in [-0.05, 0) is 11.6 Å². The van der Waals surface area contributed by atoms with Crippen LogP contribution in [0.1, 0.15) is 11.1 Å². The molecule has 7 heteroatoms. The van der Waals surface area contributed by atoms with Crippen molar-refractivity contribution < 1.29 is 25.2 Å². The molecule has 5 N–H and O–H groups in total. The molecule has 0 saturated carbocycles. The van der Waals surface area contributed by atoms with Gasteiger partial charge < -0.3 is 30.2 Å². The molecule has 0 bridgehead atoms. The smallest absolute Gasteiger partial charge is 0.147 e. The predicted octanol–water partition coefficient (Wildman–Crippen LogP) is -1.67. The van der Waals surface area contributed by atoms with Gasteiger partial charge in [-0.25, -0.2) is 5.43 Å². The number of nitrogens with one attached hydrogen (secondary N) is 1. The monoisotopic (exact) mass is 320 g/mol. The van der Waals surface area contributed by atoms with Crippen LogP contribution in [0, 0.1) is 11.8 Å². The first-order valence-corrected chi connectivity index (χ1v) is 7.44. The van der Waals surface area contributed by atoms with E-state index < -0.39 is 37.1 Å². The van der Waals surface area contributed by atoms with Crippen molar-refractivity contribution in [2.45, 2.75) is 37.1 Å². The van der Waals surface area contributed by atoms with Gasteiger partial charge in [-0.2, -0.15) is 0 Å². The molecule has 0 aliphatic carbocycles. The first-order chi connectivity index (χ1) is 11.0. The molecule has 2 aliphatic rings. The van der Waals surface area contributed by atoms with Crippen LogP contribution >= 0.6 is 0 Å². The number of nitrogens with zero attached hydrogens (tertiary/aromatic N) is 1. The molecule has 1 aromatic carbocycles. The Morgan fingerprint density at radius 1 is 1.26 bits per heavy atom. The molecule has 124 valence electrons. The molecule has 1 saturated heterocycles. The summed E-state index contributed by atoms with van der Waals surface area (Å²) in [4.78, 5) is 0. The maximum Gasteiger partial charge on any atom is 0.147 e. The van der Waals surface area contributed by atoms with Crippen molar-refractivity contribution >= 4 is 5.69 Å². The van der Waals surface area contributed by atoms with Crippen molar-refractivity contribution in [2.75, 3.05) is 18.7 Å². The number of aliphatic hydroxyl groups excluding tert-OH is 4. The number of hydrogen-bond donors (Lipinski definition) is 5. The van der Waals surface area contributed by atoms with Gasteiger partial charge in [0, 0.05) is 19.2 Å². The summed E-state index contributed by atoms with van der Waals surface area (Å²) in [7, 11) is 1.89. The summed E-state index contributed by atoms with van der Waals surface area (Å²) in [5, 5.41) is 40.6. The lowest BCUT2D eigenvalue weighted by Gasteiger charge is -2.37. The summed E-state index contributed by atoms with van der Waals surface area (Å²) in [6.07, 6.45) is -6.05. The first-order valence-electron chi connectivity index (χ1n) is 7.44. The number of benzene rings is 1. The predicted molar refractivity (Wildman–Crippen MR) is 82.3 cm³/mol. The average Bonchev–Trinajstić information content (AvgIpc) is 2.94. The third kappa shape index (κ3) is 2.93. The van der Waals surface area contributed by atoms with E-state index in [0.29, 0.717) is 0 Å². The van der Waals surface area contributed by atoms with Crippen LogP contribution in [0.3, 0.4) is 0 Å². The van der Waals surface area contributed by atoms with Gasteiger partial charge in [0.05, 0.1) is 12.3 Å². The molecule has 2 aliphatic heterocycles. The van der Waals surface area contributed by atoms with Gasteiger partial charge >= 0.3 is 0 Å². The Labute approximate surface area is 134 Å². The molecule has 3 unspecified atom stereocenters. The average molecular weight is 320 g/mol. The fourth-order valence-electron chi connectivity index (χ4n) is 2.88. The van der Waals surface area contributed by atoms with Crippen LogP contribution < -0.4 is 10.4 Å². The lowest BCUT2D eigenvalue weighted by molar-refractivity contribution is -0.214. The summed E-state index contributed by atoms with van der Waals surface area (Å²) in [5.41, 5.74) is 6.03. The highest BCUT2D eigenvalue weighted by molar-refractivity contribution is 5.66. The number of hydrazine groups is 1. The van der Waals surface area contributed by atoms with Crippen LogP contribution in [0.25, 0.3) is 0 Å². The Bertz CT molecular complexity index is 639. The van der Waals surface area contributed by atoms with Crippen molar-refractivity contribution in [3.63, 3.8) is 0 Å². The standard InChI is InChI=1S/C16H20N2O5/c1-18-13-9(3-2-4-10(13)7-17-18)5-6-11-14(20)16(22)15(21)12(8-19)23-11/h2-4,11-12,14-17,19-22H,7-8H2,1H3/t11-,12?,14?,15-,16?/m1/s1. The Kier molecular flexibility index (Phi) is 4.55. The van der Waals surface area contributed by atoms with Crippen LogP contribution in [-0.4, -0.2) is 64.6 Å². The topological polar surface area (TPSA) is 105 Å². The number of aliphatic hydroxyl groups is 4. The number of ether oxygens (including phenoxy) is 1. The number of para-hydroxylation sites is 1. The zero-order valence-electron chi connectivity index (χ0n) is 12.7. The van der Waals surface area contributed by atoms with Gasteiger partial charge in [0.25, 0.3) is 0 Å². The van der Waals surface area contributed by atoms with Crippen LogP contribution in [0.4, 0.5) is 5.69 Å². The van der Waals surface area contributed by atoms with Crippen LogP contribution in [-0.2, 0) is 11.3 Å². The largest absolute Gasteiger partial charge is 0.394 e. The molecular weight excluding hydrogens is 300 g/mol. The van der Waals surface area contributed by atoms with Crippen LogP contribution in [0.15, 0.2) is 18.2 Å². The molecule has 7 nitrogen and oxygen atoms in total. The molecular formula is C16H20N2O5. The highest BCUT2D eigenvalue weighted by atomic mass is 16.5. The minimum Gasteiger partial charge on any atom is -0.394 e. The maximum atomic E-state index is 10.0. The summed E-state index contributed by atoms with van der Waals surface area (Å²) < 4.78 is 5.39. The van der Waals surface area contributed by atoms with E-state index in [0.717, 1.165) is 23.4 Å². The number of fused-ring (bicyclic) bond motifs is 1. The minimum atomic E-state index is -1.41. The molecule has 5 atom stereocenters. The molecule has 2 heterocycles. The van der Waals surface area contributed by atoms with Crippen molar-refractivity contribution in [1.29, 1.82) is 0 Å². The maximum absolute atomic E-state index is 10.0. The van der Waals surface area contributed by atoms with Gasteiger partial charge in [-0.1, -0.05) is 24.0 Å². The number of rotatable bonds is 1. The first kappa shape index (κ1) is 16.2. The second-order valence-corrected chi connectivity index (χ2v) is 5.73. The van der Waals surface area contributed by atoms with E-state index >= 15 is 0 Å². The fourth-order valence-corrected chi connectivity index (χ4v) is 2.88. The normalized spacial score (nSPS) is 33.1. The van der Waals surface area contributed by atoms with E-state index in [4.69, 9.17) is 4.74 Å². The fraction of sp³-hybridized carbons (Fsp3) is 0.500. The van der Waals surface area contributed by atoms with Crippen LogP contribution in [0.5, 0.6) is 0 Å². The molecule has 3 rings (SSSR count). The van der Waals surface area contributed by atoms with Gasteiger partial charge in [0.2, 0.25) is 0 Å². The quantitative estimate of drug-likeness (QED) is 0.394. The molecule has 23 heavy (non-hydrogen) atoms. The molecule has 0 aromatic heterocycles.